The lowest BCUT2D eigenvalue weighted by molar-refractivity contribution is -0.182. The minimum absolute atomic E-state index is 0.0330. The highest BCUT2D eigenvalue weighted by Crippen LogP contribution is 2.38. The topological polar surface area (TPSA) is 71.6 Å². The Hall–Kier alpha value is -1.19. The molecule has 2 atom stereocenters. The molecule has 2 aliphatic heterocycles. The van der Waals surface area contributed by atoms with Crippen molar-refractivity contribution in [1.29, 1.82) is 0 Å². The van der Waals surface area contributed by atoms with Gasteiger partial charge in [-0.05, 0) is 25.7 Å². The lowest BCUT2D eigenvalue weighted by atomic mass is 9.81. The molecule has 3 rings (SSSR count). The molecule has 1 aromatic heterocycles. The number of aliphatic hydroxyl groups excluding tert-OH is 1. The second-order valence-electron chi connectivity index (χ2n) is 6.71. The van der Waals surface area contributed by atoms with Crippen molar-refractivity contribution in [2.24, 2.45) is 0 Å². The van der Waals surface area contributed by atoms with Crippen LogP contribution in [0.25, 0.3) is 0 Å². The van der Waals surface area contributed by atoms with Gasteiger partial charge in [0.2, 0.25) is 5.89 Å². The lowest BCUT2D eigenvalue weighted by Crippen LogP contribution is -2.52. The normalized spacial score (nSPS) is 28.4. The third-order valence-corrected chi connectivity index (χ3v) is 4.86. The molecule has 1 spiro atoms. The zero-order valence-corrected chi connectivity index (χ0v) is 13.6. The molecule has 2 fully saturated rings. The van der Waals surface area contributed by atoms with Crippen molar-refractivity contribution >= 4 is 0 Å². The van der Waals surface area contributed by atoms with Crippen molar-refractivity contribution in [2.75, 3.05) is 13.1 Å². The predicted octanol–water partition coefficient (Wildman–Crippen LogP) is 2.37. The monoisotopic (exact) mass is 349 g/mol. The van der Waals surface area contributed by atoms with Gasteiger partial charge in [-0.1, -0.05) is 12.1 Å². The van der Waals surface area contributed by atoms with E-state index in [-0.39, 0.29) is 30.2 Å². The Bertz CT molecular complexity index is 556. The first kappa shape index (κ1) is 17.6. The molecule has 2 saturated heterocycles. The second kappa shape index (κ2) is 6.61. The van der Waals surface area contributed by atoms with E-state index < -0.39 is 12.0 Å². The average Bonchev–Trinajstić information content (AvgIpc) is 2.98. The number of rotatable bonds is 3. The lowest BCUT2D eigenvalue weighted by Gasteiger charge is -2.47. The van der Waals surface area contributed by atoms with Gasteiger partial charge in [0.1, 0.15) is 0 Å². The van der Waals surface area contributed by atoms with Gasteiger partial charge >= 0.3 is 6.18 Å². The zero-order chi connectivity index (χ0) is 17.4. The van der Waals surface area contributed by atoms with Gasteiger partial charge in [0.15, 0.2) is 0 Å². The summed E-state index contributed by atoms with van der Waals surface area (Å²) in [6.07, 6.45) is -1.23. The van der Waals surface area contributed by atoms with Crippen LogP contribution in [0.2, 0.25) is 0 Å². The number of halogens is 3. The van der Waals surface area contributed by atoms with Crippen LogP contribution in [0.4, 0.5) is 13.2 Å². The first-order valence-electron chi connectivity index (χ1n) is 8.28. The van der Waals surface area contributed by atoms with Crippen molar-refractivity contribution in [1.82, 2.24) is 15.0 Å². The summed E-state index contributed by atoms with van der Waals surface area (Å²) >= 11 is 0. The fraction of sp³-hybridized carbons (Fsp3) is 0.867. The standard InChI is InChI=1S/C15H22F3N3O3/c1-2-11-7-10(22)8-14(23-11)3-5-21(6-4-14)9-12-19-13(20-24-12)15(16,17)18/h10-11,22H,2-9H2,1H3/t10-,11+/m1/s1. The van der Waals surface area contributed by atoms with Gasteiger partial charge in [0.25, 0.3) is 5.82 Å². The van der Waals surface area contributed by atoms with Crippen molar-refractivity contribution < 1.29 is 27.5 Å². The molecule has 0 radical (unpaired) electrons. The summed E-state index contributed by atoms with van der Waals surface area (Å²) in [5.74, 6) is -1.27. The minimum atomic E-state index is -4.59. The highest BCUT2D eigenvalue weighted by atomic mass is 19.4. The molecule has 0 unspecified atom stereocenters. The molecule has 6 nitrogen and oxygen atoms in total. The third-order valence-electron chi connectivity index (χ3n) is 4.86. The van der Waals surface area contributed by atoms with Crippen LogP contribution in [0.5, 0.6) is 0 Å². The van der Waals surface area contributed by atoms with Crippen molar-refractivity contribution in [3.8, 4) is 0 Å². The van der Waals surface area contributed by atoms with E-state index >= 15 is 0 Å². The quantitative estimate of drug-likeness (QED) is 0.903. The Morgan fingerprint density at radius 1 is 1.33 bits per heavy atom. The SMILES string of the molecule is CC[C@H]1C[C@@H](O)CC2(CCN(Cc3nc(C(F)(F)F)no3)CC2)O1. The molecule has 0 bridgehead atoms. The Morgan fingerprint density at radius 3 is 2.62 bits per heavy atom. The van der Waals surface area contributed by atoms with Crippen LogP contribution < -0.4 is 0 Å². The maximum absolute atomic E-state index is 12.5. The van der Waals surface area contributed by atoms with Crippen LogP contribution >= 0.6 is 0 Å². The fourth-order valence-corrected chi connectivity index (χ4v) is 3.58. The predicted molar refractivity (Wildman–Crippen MR) is 76.9 cm³/mol. The molecule has 2 aliphatic rings. The van der Waals surface area contributed by atoms with Gasteiger partial charge in [-0.15, -0.1) is 0 Å². The maximum Gasteiger partial charge on any atom is 0.455 e. The second-order valence-corrected chi connectivity index (χ2v) is 6.71. The van der Waals surface area contributed by atoms with Crippen LogP contribution in [-0.4, -0.2) is 51.0 Å². The van der Waals surface area contributed by atoms with Gasteiger partial charge in [-0.25, -0.2) is 0 Å². The summed E-state index contributed by atoms with van der Waals surface area (Å²) < 4.78 is 48.3. The summed E-state index contributed by atoms with van der Waals surface area (Å²) in [5, 5.41) is 13.0. The largest absolute Gasteiger partial charge is 0.455 e. The molecule has 1 N–H and O–H groups in total. The van der Waals surface area contributed by atoms with Gasteiger partial charge in [0, 0.05) is 19.5 Å². The van der Waals surface area contributed by atoms with E-state index in [1.54, 1.807) is 0 Å². The van der Waals surface area contributed by atoms with Crippen molar-refractivity contribution in [2.45, 2.75) is 69.6 Å². The molecule has 0 aliphatic carbocycles. The Labute approximate surface area is 138 Å². The molecular formula is C15H22F3N3O3. The Balaban J connectivity index is 1.56. The average molecular weight is 349 g/mol. The minimum Gasteiger partial charge on any atom is -0.393 e. The molecule has 3 heterocycles. The highest BCUT2D eigenvalue weighted by Gasteiger charge is 2.43. The van der Waals surface area contributed by atoms with E-state index in [9.17, 15) is 18.3 Å². The molecule has 0 aromatic carbocycles. The first-order chi connectivity index (χ1) is 11.3. The van der Waals surface area contributed by atoms with Gasteiger partial charge in [-0.3, -0.25) is 4.90 Å². The summed E-state index contributed by atoms with van der Waals surface area (Å²) in [6, 6.07) is 0. The summed E-state index contributed by atoms with van der Waals surface area (Å²) in [6.45, 7) is 3.55. The number of alkyl halides is 3. The molecule has 0 amide bonds. The van der Waals surface area contributed by atoms with Gasteiger partial charge in [-0.2, -0.15) is 18.2 Å². The number of nitrogens with zero attached hydrogens (tertiary/aromatic N) is 3. The molecule has 1 aromatic rings. The Kier molecular flexibility index (Phi) is 4.85. The smallest absolute Gasteiger partial charge is 0.393 e. The van der Waals surface area contributed by atoms with E-state index in [2.05, 4.69) is 14.7 Å². The zero-order valence-electron chi connectivity index (χ0n) is 13.6. The number of ether oxygens (including phenoxy) is 1. The number of hydrogen-bond donors (Lipinski definition) is 1. The van der Waals surface area contributed by atoms with E-state index in [1.165, 1.54) is 0 Å². The molecule has 136 valence electrons. The molecule has 9 heteroatoms. The van der Waals surface area contributed by atoms with E-state index in [4.69, 9.17) is 4.74 Å². The van der Waals surface area contributed by atoms with Crippen molar-refractivity contribution in [3.63, 3.8) is 0 Å². The van der Waals surface area contributed by atoms with E-state index in [1.807, 2.05) is 11.8 Å². The van der Waals surface area contributed by atoms with Crippen LogP contribution in [0.3, 0.4) is 0 Å². The maximum atomic E-state index is 12.5. The van der Waals surface area contributed by atoms with E-state index in [0.717, 1.165) is 19.3 Å². The highest BCUT2D eigenvalue weighted by molar-refractivity contribution is 4.96. The first-order valence-corrected chi connectivity index (χ1v) is 8.28. The number of piperidine rings is 1. The van der Waals surface area contributed by atoms with Crippen LogP contribution in [-0.2, 0) is 17.5 Å². The molecule has 24 heavy (non-hydrogen) atoms. The number of likely N-dealkylation sites (tertiary alicyclic amines) is 1. The van der Waals surface area contributed by atoms with Crippen LogP contribution in [0.15, 0.2) is 4.52 Å². The Morgan fingerprint density at radius 2 is 2.04 bits per heavy atom. The van der Waals surface area contributed by atoms with Crippen LogP contribution in [0.1, 0.15) is 50.7 Å². The summed E-state index contributed by atoms with van der Waals surface area (Å²) in [7, 11) is 0. The third kappa shape index (κ3) is 3.89. The van der Waals surface area contributed by atoms with Crippen molar-refractivity contribution in [3.05, 3.63) is 11.7 Å². The number of aliphatic hydroxyl groups is 1. The van der Waals surface area contributed by atoms with Gasteiger partial charge < -0.3 is 14.4 Å². The van der Waals surface area contributed by atoms with Crippen LogP contribution in [0, 0.1) is 0 Å². The summed E-state index contributed by atoms with van der Waals surface area (Å²) in [4.78, 5) is 5.38. The van der Waals surface area contributed by atoms with Gasteiger partial charge in [0.05, 0.1) is 24.4 Å². The number of hydrogen-bond acceptors (Lipinski definition) is 6. The summed E-state index contributed by atoms with van der Waals surface area (Å²) in [5.41, 5.74) is -0.319. The molecular weight excluding hydrogens is 327 g/mol. The molecule has 0 saturated carbocycles. The number of aromatic nitrogens is 2. The van der Waals surface area contributed by atoms with E-state index in [0.29, 0.717) is 25.9 Å². The fourth-order valence-electron chi connectivity index (χ4n) is 3.58.